The van der Waals surface area contributed by atoms with Crippen LogP contribution in [-0.2, 0) is 0 Å². The highest BCUT2D eigenvalue weighted by atomic mass is 16.5. The van der Waals surface area contributed by atoms with E-state index in [1.807, 2.05) is 6.92 Å². The maximum Gasteiger partial charge on any atom is 0.258 e. The molecule has 3 aromatic rings. The van der Waals surface area contributed by atoms with Crippen LogP contribution in [0.1, 0.15) is 11.1 Å². The maximum atomic E-state index is 8.86. The fourth-order valence-electron chi connectivity index (χ4n) is 1.82. The van der Waals surface area contributed by atoms with Gasteiger partial charge in [0.25, 0.3) is 5.89 Å². The lowest BCUT2D eigenvalue weighted by Gasteiger charge is -1.99. The van der Waals surface area contributed by atoms with Crippen LogP contribution in [0.3, 0.4) is 0 Å². The highest BCUT2D eigenvalue weighted by molar-refractivity contribution is 5.62. The molecular formula is C14H9N5O. The molecule has 0 N–H and O–H groups in total. The van der Waals surface area contributed by atoms with Gasteiger partial charge in [0.05, 0.1) is 17.8 Å². The molecule has 0 saturated heterocycles. The van der Waals surface area contributed by atoms with Crippen molar-refractivity contribution >= 4 is 0 Å². The second kappa shape index (κ2) is 4.90. The van der Waals surface area contributed by atoms with Gasteiger partial charge in [-0.05, 0) is 30.7 Å². The summed E-state index contributed by atoms with van der Waals surface area (Å²) in [6.45, 7) is 1.89. The Morgan fingerprint density at radius 3 is 2.85 bits per heavy atom. The third-order valence-corrected chi connectivity index (χ3v) is 2.80. The standard InChI is InChI=1S/C14H9N5O/c1-9-6-10(7-15)2-3-11(9)14-18-13(19-20-14)12-8-16-4-5-17-12/h2-6,8H,1H3. The van der Waals surface area contributed by atoms with Crippen LogP contribution >= 0.6 is 0 Å². The normalized spacial score (nSPS) is 10.2. The third-order valence-electron chi connectivity index (χ3n) is 2.80. The van der Waals surface area contributed by atoms with E-state index in [1.54, 1.807) is 36.8 Å². The van der Waals surface area contributed by atoms with Crippen LogP contribution in [0.25, 0.3) is 23.0 Å². The molecule has 0 saturated carbocycles. The molecule has 0 unspecified atom stereocenters. The van der Waals surface area contributed by atoms with Crippen LogP contribution in [-0.4, -0.2) is 20.1 Å². The number of aromatic nitrogens is 4. The molecule has 0 aliphatic rings. The summed E-state index contributed by atoms with van der Waals surface area (Å²) in [5.41, 5.74) is 2.85. The minimum Gasteiger partial charge on any atom is -0.334 e. The maximum absolute atomic E-state index is 8.86. The van der Waals surface area contributed by atoms with Crippen molar-refractivity contribution in [3.63, 3.8) is 0 Å². The largest absolute Gasteiger partial charge is 0.334 e. The van der Waals surface area contributed by atoms with E-state index >= 15 is 0 Å². The summed E-state index contributed by atoms with van der Waals surface area (Å²) in [6, 6.07) is 7.38. The second-order valence-electron chi connectivity index (χ2n) is 4.16. The van der Waals surface area contributed by atoms with Gasteiger partial charge >= 0.3 is 0 Å². The lowest BCUT2D eigenvalue weighted by Crippen LogP contribution is -1.87. The summed E-state index contributed by atoms with van der Waals surface area (Å²) < 4.78 is 5.25. The quantitative estimate of drug-likeness (QED) is 0.705. The molecule has 0 radical (unpaired) electrons. The Labute approximate surface area is 114 Å². The van der Waals surface area contributed by atoms with Crippen molar-refractivity contribution < 1.29 is 4.52 Å². The summed E-state index contributed by atoms with van der Waals surface area (Å²) in [5, 5.41) is 12.8. The summed E-state index contributed by atoms with van der Waals surface area (Å²) in [6.07, 6.45) is 4.72. The van der Waals surface area contributed by atoms with Crippen molar-refractivity contribution in [2.75, 3.05) is 0 Å². The molecule has 0 spiro atoms. The number of aryl methyl sites for hydroxylation is 1. The first-order valence-corrected chi connectivity index (χ1v) is 5.89. The molecule has 6 heteroatoms. The van der Waals surface area contributed by atoms with E-state index in [0.29, 0.717) is 23.0 Å². The second-order valence-corrected chi connectivity index (χ2v) is 4.16. The summed E-state index contributed by atoms with van der Waals surface area (Å²) in [4.78, 5) is 12.4. The monoisotopic (exact) mass is 263 g/mol. The molecule has 2 aromatic heterocycles. The molecule has 0 fully saturated rings. The number of nitrogens with zero attached hydrogens (tertiary/aromatic N) is 5. The lowest BCUT2D eigenvalue weighted by atomic mass is 10.1. The van der Waals surface area contributed by atoms with E-state index in [1.165, 1.54) is 0 Å². The number of nitriles is 1. The minimum atomic E-state index is 0.386. The molecule has 0 atom stereocenters. The average molecular weight is 263 g/mol. The van der Waals surface area contributed by atoms with Crippen molar-refractivity contribution in [2.24, 2.45) is 0 Å². The van der Waals surface area contributed by atoms with Crippen LogP contribution < -0.4 is 0 Å². The highest BCUT2D eigenvalue weighted by Crippen LogP contribution is 2.24. The summed E-state index contributed by atoms with van der Waals surface area (Å²) >= 11 is 0. The van der Waals surface area contributed by atoms with Crippen LogP contribution in [0, 0.1) is 18.3 Å². The Hall–Kier alpha value is -3.07. The first-order chi connectivity index (χ1) is 9.78. The van der Waals surface area contributed by atoms with E-state index in [0.717, 1.165) is 11.1 Å². The molecule has 0 aliphatic carbocycles. The number of hydrogen-bond donors (Lipinski definition) is 0. The van der Waals surface area contributed by atoms with Gasteiger partial charge in [-0.3, -0.25) is 4.98 Å². The highest BCUT2D eigenvalue weighted by Gasteiger charge is 2.13. The van der Waals surface area contributed by atoms with Crippen molar-refractivity contribution in [3.05, 3.63) is 47.9 Å². The van der Waals surface area contributed by atoms with Crippen molar-refractivity contribution in [1.82, 2.24) is 20.1 Å². The van der Waals surface area contributed by atoms with Crippen molar-refractivity contribution in [3.8, 4) is 29.0 Å². The summed E-state index contributed by atoms with van der Waals surface area (Å²) in [5.74, 6) is 0.782. The Bertz CT molecular complexity index is 789. The predicted octanol–water partition coefficient (Wildman–Crippen LogP) is 2.37. The zero-order chi connectivity index (χ0) is 13.9. The van der Waals surface area contributed by atoms with Crippen LogP contribution in [0.15, 0.2) is 41.3 Å². The lowest BCUT2D eigenvalue weighted by molar-refractivity contribution is 0.432. The van der Waals surface area contributed by atoms with Gasteiger partial charge < -0.3 is 4.52 Å². The van der Waals surface area contributed by atoms with Crippen LogP contribution in [0.4, 0.5) is 0 Å². The molecular weight excluding hydrogens is 254 g/mol. The number of benzene rings is 1. The Morgan fingerprint density at radius 2 is 2.15 bits per heavy atom. The molecule has 6 nitrogen and oxygen atoms in total. The van der Waals surface area contributed by atoms with E-state index in [4.69, 9.17) is 9.78 Å². The first kappa shape index (κ1) is 12.0. The smallest absolute Gasteiger partial charge is 0.258 e. The average Bonchev–Trinajstić information content (AvgIpc) is 2.97. The molecule has 0 aliphatic heterocycles. The number of hydrogen-bond acceptors (Lipinski definition) is 6. The molecule has 3 rings (SSSR count). The zero-order valence-electron chi connectivity index (χ0n) is 10.6. The Kier molecular flexibility index (Phi) is 2.94. The van der Waals surface area contributed by atoms with Gasteiger partial charge in [0.15, 0.2) is 0 Å². The first-order valence-electron chi connectivity index (χ1n) is 5.89. The Balaban J connectivity index is 2.01. The molecule has 2 heterocycles. The molecule has 20 heavy (non-hydrogen) atoms. The van der Waals surface area contributed by atoms with E-state index < -0.39 is 0 Å². The van der Waals surface area contributed by atoms with Gasteiger partial charge in [0.2, 0.25) is 5.82 Å². The van der Waals surface area contributed by atoms with Gasteiger partial charge in [0.1, 0.15) is 5.69 Å². The SMILES string of the molecule is Cc1cc(C#N)ccc1-c1nc(-c2cnccn2)no1. The molecule has 0 amide bonds. The van der Waals surface area contributed by atoms with Crippen LogP contribution in [0.5, 0.6) is 0 Å². The van der Waals surface area contributed by atoms with Gasteiger partial charge in [0, 0.05) is 18.0 Å². The fourth-order valence-corrected chi connectivity index (χ4v) is 1.82. The summed E-state index contributed by atoms with van der Waals surface area (Å²) in [7, 11) is 0. The minimum absolute atomic E-state index is 0.386. The van der Waals surface area contributed by atoms with E-state index in [-0.39, 0.29) is 0 Å². The van der Waals surface area contributed by atoms with E-state index in [9.17, 15) is 0 Å². The molecule has 96 valence electrons. The topological polar surface area (TPSA) is 88.5 Å². The van der Waals surface area contributed by atoms with Gasteiger partial charge in [-0.1, -0.05) is 5.16 Å². The van der Waals surface area contributed by atoms with E-state index in [2.05, 4.69) is 26.2 Å². The zero-order valence-corrected chi connectivity index (χ0v) is 10.6. The number of rotatable bonds is 2. The van der Waals surface area contributed by atoms with Crippen molar-refractivity contribution in [2.45, 2.75) is 6.92 Å². The third kappa shape index (κ3) is 2.12. The predicted molar refractivity (Wildman–Crippen MR) is 70.2 cm³/mol. The van der Waals surface area contributed by atoms with Gasteiger partial charge in [-0.2, -0.15) is 10.2 Å². The van der Waals surface area contributed by atoms with Crippen molar-refractivity contribution in [1.29, 1.82) is 5.26 Å². The van der Waals surface area contributed by atoms with Gasteiger partial charge in [-0.15, -0.1) is 0 Å². The molecule has 0 bridgehead atoms. The Morgan fingerprint density at radius 1 is 1.25 bits per heavy atom. The molecule has 1 aromatic carbocycles. The van der Waals surface area contributed by atoms with Crippen LogP contribution in [0.2, 0.25) is 0 Å². The fraction of sp³-hybridized carbons (Fsp3) is 0.0714. The van der Waals surface area contributed by atoms with Gasteiger partial charge in [-0.25, -0.2) is 4.98 Å².